The van der Waals surface area contributed by atoms with E-state index < -0.39 is 11.8 Å². The summed E-state index contributed by atoms with van der Waals surface area (Å²) >= 11 is 6.32. The Hall–Kier alpha value is -2.99. The molecule has 31 heavy (non-hydrogen) atoms. The molecule has 5 rings (SSSR count). The van der Waals surface area contributed by atoms with Gasteiger partial charge in [0.25, 0.3) is 5.91 Å². The predicted octanol–water partition coefficient (Wildman–Crippen LogP) is 5.21. The van der Waals surface area contributed by atoms with Crippen LogP contribution in [0.5, 0.6) is 0 Å². The van der Waals surface area contributed by atoms with Gasteiger partial charge < -0.3 is 9.80 Å². The summed E-state index contributed by atoms with van der Waals surface area (Å²) in [6.07, 6.45) is 3.12. The number of benzene rings is 2. The summed E-state index contributed by atoms with van der Waals surface area (Å²) in [7, 11) is 0. The van der Waals surface area contributed by atoms with Crippen LogP contribution >= 0.6 is 11.6 Å². The fraction of sp³-hybridized carbons (Fsp3) is 0.250. The second kappa shape index (κ2) is 7.61. The van der Waals surface area contributed by atoms with E-state index >= 15 is 0 Å². The van der Waals surface area contributed by atoms with E-state index in [4.69, 9.17) is 11.6 Å². The number of fused-ring (bicyclic) bond motifs is 2. The molecule has 2 aliphatic heterocycles. The molecule has 0 unspecified atom stereocenters. The third-order valence-electron chi connectivity index (χ3n) is 6.43. The van der Waals surface area contributed by atoms with Gasteiger partial charge in [-0.3, -0.25) is 4.79 Å². The van der Waals surface area contributed by atoms with Gasteiger partial charge in [0.05, 0.1) is 17.4 Å². The van der Waals surface area contributed by atoms with Crippen molar-refractivity contribution >= 4 is 28.9 Å². The van der Waals surface area contributed by atoms with E-state index in [1.54, 1.807) is 35.4 Å². The van der Waals surface area contributed by atoms with E-state index in [1.165, 1.54) is 18.2 Å². The molecule has 0 bridgehead atoms. The summed E-state index contributed by atoms with van der Waals surface area (Å²) in [5.74, 6) is -1.37. The number of rotatable bonds is 2. The Bertz CT molecular complexity index is 1140. The van der Waals surface area contributed by atoms with Crippen LogP contribution in [0, 0.1) is 11.8 Å². The summed E-state index contributed by atoms with van der Waals surface area (Å²) in [6, 6.07) is 14.7. The first-order valence-electron chi connectivity index (χ1n) is 10.2. The first-order valence-corrected chi connectivity index (χ1v) is 10.6. The zero-order valence-electron chi connectivity index (χ0n) is 16.7. The molecule has 7 heteroatoms. The van der Waals surface area contributed by atoms with Crippen LogP contribution in [0.15, 0.2) is 60.8 Å². The van der Waals surface area contributed by atoms with E-state index in [0.29, 0.717) is 11.6 Å². The van der Waals surface area contributed by atoms with Crippen molar-refractivity contribution in [2.24, 2.45) is 0 Å². The van der Waals surface area contributed by atoms with Crippen LogP contribution in [-0.2, 0) is 5.41 Å². The van der Waals surface area contributed by atoms with E-state index in [2.05, 4.69) is 9.88 Å². The minimum Gasteiger partial charge on any atom is -0.370 e. The van der Waals surface area contributed by atoms with Crippen LogP contribution in [-0.4, -0.2) is 30.5 Å². The molecule has 1 amide bonds. The number of anilines is 2. The normalized spacial score (nSPS) is 17.1. The quantitative estimate of drug-likeness (QED) is 0.514. The average Bonchev–Trinajstić information content (AvgIpc) is 3.08. The van der Waals surface area contributed by atoms with Crippen molar-refractivity contribution in [3.05, 3.63) is 88.7 Å². The number of aromatic nitrogens is 1. The predicted molar refractivity (Wildman–Crippen MR) is 117 cm³/mol. The smallest absolute Gasteiger partial charge is 0.261 e. The highest BCUT2D eigenvalue weighted by atomic mass is 35.5. The first-order chi connectivity index (χ1) is 15.0. The molecule has 0 N–H and O–H groups in total. The average molecular weight is 440 g/mol. The van der Waals surface area contributed by atoms with Gasteiger partial charge in [-0.1, -0.05) is 23.7 Å². The van der Waals surface area contributed by atoms with Gasteiger partial charge in [0.15, 0.2) is 0 Å². The molecule has 4 nitrogen and oxygen atoms in total. The Morgan fingerprint density at radius 1 is 1.03 bits per heavy atom. The van der Waals surface area contributed by atoms with E-state index in [-0.39, 0.29) is 16.9 Å². The Labute approximate surface area is 184 Å². The van der Waals surface area contributed by atoms with Crippen molar-refractivity contribution in [3.63, 3.8) is 0 Å². The first kappa shape index (κ1) is 19.9. The highest BCUT2D eigenvalue weighted by molar-refractivity contribution is 6.30. The van der Waals surface area contributed by atoms with Crippen LogP contribution < -0.4 is 9.80 Å². The van der Waals surface area contributed by atoms with E-state index in [0.717, 1.165) is 42.9 Å². The molecule has 1 fully saturated rings. The Kier molecular flexibility index (Phi) is 4.89. The van der Waals surface area contributed by atoms with Crippen LogP contribution in [0.2, 0.25) is 5.02 Å². The lowest BCUT2D eigenvalue weighted by Crippen LogP contribution is -2.46. The zero-order chi connectivity index (χ0) is 21.6. The molecule has 2 aliphatic rings. The van der Waals surface area contributed by atoms with Gasteiger partial charge in [-0.25, -0.2) is 9.37 Å². The lowest BCUT2D eigenvalue weighted by molar-refractivity contribution is 0.0979. The number of nitrogens with zero attached hydrogens (tertiary/aromatic N) is 3. The molecule has 158 valence electrons. The Morgan fingerprint density at radius 2 is 1.81 bits per heavy atom. The minimum absolute atomic E-state index is 0.0651. The third-order valence-corrected chi connectivity index (χ3v) is 6.66. The Morgan fingerprint density at radius 3 is 2.52 bits per heavy atom. The molecule has 1 aromatic heterocycles. The molecule has 1 spiro atoms. The summed E-state index contributed by atoms with van der Waals surface area (Å²) in [5, 5.41) is 0.614. The van der Waals surface area contributed by atoms with Gasteiger partial charge >= 0.3 is 0 Å². The number of amides is 1. The molecule has 3 aromatic rings. The second-order valence-corrected chi connectivity index (χ2v) is 8.58. The maximum atomic E-state index is 14.3. The monoisotopic (exact) mass is 439 g/mol. The summed E-state index contributed by atoms with van der Waals surface area (Å²) < 4.78 is 27.5. The van der Waals surface area contributed by atoms with Gasteiger partial charge in [0.2, 0.25) is 5.95 Å². The van der Waals surface area contributed by atoms with Crippen molar-refractivity contribution in [1.82, 2.24) is 4.98 Å². The largest absolute Gasteiger partial charge is 0.370 e. The van der Waals surface area contributed by atoms with Crippen LogP contribution in [0.1, 0.15) is 28.8 Å². The number of hydrogen-bond acceptors (Lipinski definition) is 3. The highest BCUT2D eigenvalue weighted by Gasteiger charge is 2.46. The Balaban J connectivity index is 1.46. The molecule has 1 saturated heterocycles. The van der Waals surface area contributed by atoms with Gasteiger partial charge in [0, 0.05) is 35.8 Å². The lowest BCUT2D eigenvalue weighted by atomic mass is 9.74. The maximum Gasteiger partial charge on any atom is 0.261 e. The SMILES string of the molecule is O=C(c1ccccc1F)N1CC2(CCN(c3ccc(F)nc3)CC2)c2cc(Cl)ccc21. The number of piperidine rings is 1. The number of carbonyl (C=O) groups is 1. The van der Waals surface area contributed by atoms with E-state index in [1.807, 2.05) is 12.1 Å². The number of pyridine rings is 1. The van der Waals surface area contributed by atoms with Crippen molar-refractivity contribution < 1.29 is 13.6 Å². The minimum atomic E-state index is -0.525. The van der Waals surface area contributed by atoms with Crippen LogP contribution in [0.3, 0.4) is 0 Å². The topological polar surface area (TPSA) is 36.4 Å². The number of halogens is 3. The van der Waals surface area contributed by atoms with Gasteiger partial charge in [0.1, 0.15) is 5.82 Å². The highest BCUT2D eigenvalue weighted by Crippen LogP contribution is 2.48. The van der Waals surface area contributed by atoms with Crippen molar-refractivity contribution in [2.75, 3.05) is 29.4 Å². The zero-order valence-corrected chi connectivity index (χ0v) is 17.4. The molecule has 0 radical (unpaired) electrons. The van der Waals surface area contributed by atoms with Crippen LogP contribution in [0.4, 0.5) is 20.2 Å². The maximum absolute atomic E-state index is 14.3. The third kappa shape index (κ3) is 3.45. The fourth-order valence-corrected chi connectivity index (χ4v) is 4.95. The second-order valence-electron chi connectivity index (χ2n) is 8.14. The van der Waals surface area contributed by atoms with Crippen molar-refractivity contribution in [1.29, 1.82) is 0 Å². The number of hydrogen-bond donors (Lipinski definition) is 0. The molecule has 3 heterocycles. The molecular formula is C24H20ClF2N3O. The van der Waals surface area contributed by atoms with Crippen molar-refractivity contribution in [3.8, 4) is 0 Å². The molecule has 0 saturated carbocycles. The molecule has 0 atom stereocenters. The molecular weight excluding hydrogens is 420 g/mol. The molecule has 0 aliphatic carbocycles. The van der Waals surface area contributed by atoms with Gasteiger partial charge in [-0.2, -0.15) is 4.39 Å². The van der Waals surface area contributed by atoms with Crippen LogP contribution in [0.25, 0.3) is 0 Å². The molecule has 2 aromatic carbocycles. The standard InChI is InChI=1S/C24H20ClF2N3O/c25-16-5-7-21-19(13-16)24(15-30(21)23(31)18-3-1-2-4-20(18)26)9-11-29(12-10-24)17-6-8-22(27)28-14-17/h1-8,13-14H,9-12,15H2. The van der Waals surface area contributed by atoms with Gasteiger partial charge in [-0.15, -0.1) is 0 Å². The fourth-order valence-electron chi connectivity index (χ4n) is 4.78. The number of carbonyl (C=O) groups excluding carboxylic acids is 1. The van der Waals surface area contributed by atoms with E-state index in [9.17, 15) is 13.6 Å². The summed E-state index contributed by atoms with van der Waals surface area (Å²) in [4.78, 5) is 20.9. The summed E-state index contributed by atoms with van der Waals surface area (Å²) in [5.41, 5.74) is 2.50. The van der Waals surface area contributed by atoms with Crippen molar-refractivity contribution in [2.45, 2.75) is 18.3 Å². The lowest BCUT2D eigenvalue weighted by Gasteiger charge is -2.40. The van der Waals surface area contributed by atoms with Gasteiger partial charge in [-0.05, 0) is 60.9 Å². The summed E-state index contributed by atoms with van der Waals surface area (Å²) in [6.45, 7) is 1.95.